The number of benzene rings is 2. The summed E-state index contributed by atoms with van der Waals surface area (Å²) < 4.78 is 54.3. The first-order chi connectivity index (χ1) is 13.0. The summed E-state index contributed by atoms with van der Waals surface area (Å²) in [6, 6.07) is 7.10. The van der Waals surface area contributed by atoms with Crippen LogP contribution in [0.25, 0.3) is 11.1 Å². The van der Waals surface area contributed by atoms with Crippen LogP contribution in [-0.4, -0.2) is 13.2 Å². The molecule has 0 aliphatic carbocycles. The molecular weight excluding hydrogens is 353 g/mol. The lowest BCUT2D eigenvalue weighted by molar-refractivity contribution is -0.00743. The van der Waals surface area contributed by atoms with Crippen molar-refractivity contribution >= 4 is 0 Å². The van der Waals surface area contributed by atoms with Crippen molar-refractivity contribution < 1.29 is 22.6 Å². The largest absolute Gasteiger partial charge is 0.491 e. The third kappa shape index (κ3) is 4.19. The fourth-order valence-electron chi connectivity index (χ4n) is 3.42. The summed E-state index contributed by atoms with van der Waals surface area (Å²) in [7, 11) is 0. The molecule has 0 spiro atoms. The van der Waals surface area contributed by atoms with Gasteiger partial charge in [-0.2, -0.15) is 0 Å². The molecule has 144 valence electrons. The molecule has 0 amide bonds. The second-order valence-electron chi connectivity index (χ2n) is 6.59. The summed E-state index contributed by atoms with van der Waals surface area (Å²) >= 11 is 0. The van der Waals surface area contributed by atoms with Crippen LogP contribution >= 0.6 is 0 Å². The van der Waals surface area contributed by atoms with Crippen LogP contribution in [0.15, 0.2) is 42.5 Å². The first-order valence-corrected chi connectivity index (χ1v) is 9.20. The molecule has 0 radical (unpaired) electrons. The molecular formula is C22H23F3O2. The summed E-state index contributed by atoms with van der Waals surface area (Å²) in [6.45, 7) is 4.50. The van der Waals surface area contributed by atoms with E-state index in [1.54, 1.807) is 6.92 Å². The number of rotatable bonds is 5. The summed E-state index contributed by atoms with van der Waals surface area (Å²) in [5, 5.41) is 0. The molecule has 2 atom stereocenters. The molecule has 1 saturated heterocycles. The normalized spacial score (nSPS) is 20.2. The Hall–Kier alpha value is -2.27. The Kier molecular flexibility index (Phi) is 6.22. The highest BCUT2D eigenvalue weighted by Crippen LogP contribution is 2.36. The van der Waals surface area contributed by atoms with Gasteiger partial charge in [-0.1, -0.05) is 30.4 Å². The minimum atomic E-state index is -0.991. The molecule has 1 heterocycles. The quantitative estimate of drug-likeness (QED) is 0.577. The van der Waals surface area contributed by atoms with E-state index in [1.165, 1.54) is 24.3 Å². The van der Waals surface area contributed by atoms with Crippen molar-refractivity contribution in [3.05, 3.63) is 65.5 Å². The fraction of sp³-hybridized carbons (Fsp3) is 0.364. The highest BCUT2D eigenvalue weighted by molar-refractivity contribution is 5.66. The molecule has 2 aromatic rings. The van der Waals surface area contributed by atoms with E-state index in [1.807, 2.05) is 13.0 Å². The first-order valence-electron chi connectivity index (χ1n) is 9.20. The van der Waals surface area contributed by atoms with E-state index in [9.17, 15) is 13.2 Å². The third-order valence-electron chi connectivity index (χ3n) is 4.78. The maximum absolute atomic E-state index is 14.7. The molecule has 0 bridgehead atoms. The molecule has 2 aromatic carbocycles. The molecule has 2 unspecified atom stereocenters. The Labute approximate surface area is 157 Å². The predicted molar refractivity (Wildman–Crippen MR) is 99.2 cm³/mol. The maximum Gasteiger partial charge on any atom is 0.167 e. The minimum Gasteiger partial charge on any atom is -0.491 e. The summed E-state index contributed by atoms with van der Waals surface area (Å²) in [5.41, 5.74) is 0.485. The van der Waals surface area contributed by atoms with Crippen molar-refractivity contribution in [1.29, 1.82) is 0 Å². The van der Waals surface area contributed by atoms with Gasteiger partial charge >= 0.3 is 0 Å². The van der Waals surface area contributed by atoms with Gasteiger partial charge in [-0.3, -0.25) is 0 Å². The molecule has 1 fully saturated rings. The van der Waals surface area contributed by atoms with Gasteiger partial charge in [0.1, 0.15) is 0 Å². The van der Waals surface area contributed by atoms with Crippen molar-refractivity contribution in [2.24, 2.45) is 5.92 Å². The lowest BCUT2D eigenvalue weighted by Gasteiger charge is -2.28. The van der Waals surface area contributed by atoms with Crippen LogP contribution in [0, 0.1) is 23.4 Å². The summed E-state index contributed by atoms with van der Waals surface area (Å²) in [6.07, 6.45) is 5.06. The van der Waals surface area contributed by atoms with Crippen molar-refractivity contribution in [2.75, 3.05) is 13.2 Å². The van der Waals surface area contributed by atoms with Crippen LogP contribution in [0.5, 0.6) is 5.75 Å². The standard InChI is InChI=1S/C22H23F3O2/c1-3-5-14-6-10-19(27-13-14)17-9-8-16(21(24)22(17)25)15-7-11-20(26-4-2)18(23)12-15/h3,5,7-9,11-12,14,19H,4,6,10,13H2,1-2H3/b5-3+. The predicted octanol–water partition coefficient (Wildman–Crippen LogP) is 6.21. The average Bonchev–Trinajstić information content (AvgIpc) is 2.67. The first kappa shape index (κ1) is 19.5. The van der Waals surface area contributed by atoms with Crippen LogP contribution in [0.3, 0.4) is 0 Å². The van der Waals surface area contributed by atoms with Crippen molar-refractivity contribution in [3.8, 4) is 16.9 Å². The molecule has 5 heteroatoms. The molecule has 27 heavy (non-hydrogen) atoms. The van der Waals surface area contributed by atoms with Gasteiger partial charge < -0.3 is 9.47 Å². The van der Waals surface area contributed by atoms with Gasteiger partial charge in [0.15, 0.2) is 23.2 Å². The zero-order valence-corrected chi connectivity index (χ0v) is 15.5. The molecule has 2 nitrogen and oxygen atoms in total. The van der Waals surface area contributed by atoms with E-state index in [0.29, 0.717) is 25.6 Å². The topological polar surface area (TPSA) is 18.5 Å². The SMILES string of the molecule is C/C=C/C1CCC(c2ccc(-c3ccc(OCC)c(F)c3)c(F)c2F)OC1. The molecule has 1 aliphatic heterocycles. The molecule has 1 aliphatic rings. The van der Waals surface area contributed by atoms with E-state index in [2.05, 4.69) is 6.08 Å². The molecule has 0 N–H and O–H groups in total. The van der Waals surface area contributed by atoms with Gasteiger partial charge in [0.25, 0.3) is 0 Å². The Bertz CT molecular complexity index is 825. The van der Waals surface area contributed by atoms with Crippen molar-refractivity contribution in [2.45, 2.75) is 32.8 Å². The minimum absolute atomic E-state index is 0.0146. The fourth-order valence-corrected chi connectivity index (χ4v) is 3.42. The van der Waals surface area contributed by atoms with Gasteiger partial charge in [-0.05, 0) is 44.4 Å². The lowest BCUT2D eigenvalue weighted by Crippen LogP contribution is -2.20. The van der Waals surface area contributed by atoms with Gasteiger partial charge in [-0.25, -0.2) is 13.2 Å². The Morgan fingerprint density at radius 1 is 1.11 bits per heavy atom. The molecule has 0 saturated carbocycles. The maximum atomic E-state index is 14.7. The summed E-state index contributed by atoms with van der Waals surface area (Å²) in [5.74, 6) is -2.13. The number of ether oxygens (including phenoxy) is 2. The van der Waals surface area contributed by atoms with E-state index in [-0.39, 0.29) is 22.4 Å². The number of halogens is 3. The Morgan fingerprint density at radius 3 is 2.56 bits per heavy atom. The molecule has 0 aromatic heterocycles. The van der Waals surface area contributed by atoms with Crippen LogP contribution in [0.2, 0.25) is 0 Å². The van der Waals surface area contributed by atoms with E-state index >= 15 is 0 Å². The number of allylic oxidation sites excluding steroid dienone is 1. The second kappa shape index (κ2) is 8.61. The van der Waals surface area contributed by atoms with Crippen molar-refractivity contribution in [3.63, 3.8) is 0 Å². The van der Waals surface area contributed by atoms with Gasteiger partial charge in [0.2, 0.25) is 0 Å². The van der Waals surface area contributed by atoms with E-state index in [0.717, 1.165) is 12.5 Å². The van der Waals surface area contributed by atoms with Crippen LogP contribution < -0.4 is 4.74 Å². The zero-order valence-electron chi connectivity index (χ0n) is 15.5. The van der Waals surface area contributed by atoms with E-state index < -0.39 is 23.6 Å². The highest BCUT2D eigenvalue weighted by Gasteiger charge is 2.26. The van der Waals surface area contributed by atoms with Crippen molar-refractivity contribution in [1.82, 2.24) is 0 Å². The third-order valence-corrected chi connectivity index (χ3v) is 4.78. The highest BCUT2D eigenvalue weighted by atomic mass is 19.2. The lowest BCUT2D eigenvalue weighted by atomic mass is 9.92. The molecule has 3 rings (SSSR count). The second-order valence-corrected chi connectivity index (χ2v) is 6.59. The summed E-state index contributed by atoms with van der Waals surface area (Å²) in [4.78, 5) is 0. The monoisotopic (exact) mass is 376 g/mol. The van der Waals surface area contributed by atoms with Crippen LogP contribution in [0.1, 0.15) is 38.4 Å². The Balaban J connectivity index is 1.84. The smallest absolute Gasteiger partial charge is 0.167 e. The Morgan fingerprint density at radius 2 is 1.93 bits per heavy atom. The number of hydrogen-bond donors (Lipinski definition) is 0. The van der Waals surface area contributed by atoms with Gasteiger partial charge in [0, 0.05) is 17.0 Å². The average molecular weight is 376 g/mol. The van der Waals surface area contributed by atoms with Gasteiger partial charge in [-0.15, -0.1) is 0 Å². The van der Waals surface area contributed by atoms with Crippen LogP contribution in [0.4, 0.5) is 13.2 Å². The zero-order chi connectivity index (χ0) is 19.4. The van der Waals surface area contributed by atoms with E-state index in [4.69, 9.17) is 9.47 Å². The van der Waals surface area contributed by atoms with Gasteiger partial charge in [0.05, 0.1) is 19.3 Å². The van der Waals surface area contributed by atoms with Crippen LogP contribution in [-0.2, 0) is 4.74 Å². The number of hydrogen-bond acceptors (Lipinski definition) is 2.